The van der Waals surface area contributed by atoms with Gasteiger partial charge in [0.05, 0.1) is 5.02 Å². The Morgan fingerprint density at radius 2 is 1.81 bits per heavy atom. The third-order valence-electron chi connectivity index (χ3n) is 4.43. The van der Waals surface area contributed by atoms with Crippen LogP contribution < -0.4 is 0 Å². The first-order chi connectivity index (χ1) is 12.1. The summed E-state index contributed by atoms with van der Waals surface area (Å²) in [5, 5.41) is 4.30. The molecule has 0 N–H and O–H groups in total. The van der Waals surface area contributed by atoms with E-state index in [1.165, 1.54) is 14.9 Å². The zero-order chi connectivity index (χ0) is 19.2. The van der Waals surface area contributed by atoms with Crippen LogP contribution in [0, 0.1) is 13.8 Å². The van der Waals surface area contributed by atoms with Crippen LogP contribution in [0.2, 0.25) is 10.2 Å². The summed E-state index contributed by atoms with van der Waals surface area (Å²) >= 11 is 12.0. The van der Waals surface area contributed by atoms with E-state index >= 15 is 0 Å². The summed E-state index contributed by atoms with van der Waals surface area (Å²) in [6.07, 6.45) is 0. The summed E-state index contributed by atoms with van der Waals surface area (Å²) < 4.78 is 33.5. The largest absolute Gasteiger partial charge is 0.360 e. The van der Waals surface area contributed by atoms with Gasteiger partial charge in [-0.15, -0.1) is 0 Å². The molecule has 0 spiro atoms. The Bertz CT molecular complexity index is 939. The summed E-state index contributed by atoms with van der Waals surface area (Å²) in [6, 6.07) is 1.51. The number of aromatic nitrogens is 2. The monoisotopic (exact) mass is 420 g/mol. The van der Waals surface area contributed by atoms with E-state index in [1.807, 2.05) is 0 Å². The molecule has 142 valence electrons. The number of halogens is 2. The molecule has 3 heterocycles. The molecular weight excluding hydrogens is 403 g/mol. The highest BCUT2D eigenvalue weighted by Gasteiger charge is 2.34. The molecule has 3 rings (SSSR count). The van der Waals surface area contributed by atoms with Crippen LogP contribution in [-0.4, -0.2) is 59.4 Å². The molecule has 1 amide bonds. The molecule has 1 saturated heterocycles. The van der Waals surface area contributed by atoms with Crippen LogP contribution >= 0.6 is 23.2 Å². The number of rotatable bonds is 3. The molecule has 11 heteroatoms. The number of nitrogens with zero attached hydrogens (tertiary/aromatic N) is 4. The number of sulfonamides is 1. The molecule has 0 bridgehead atoms. The maximum Gasteiger partial charge on any atom is 0.270 e. The summed E-state index contributed by atoms with van der Waals surface area (Å²) in [7, 11) is -2.06. The summed E-state index contributed by atoms with van der Waals surface area (Å²) in [5.74, 6) is 0.0183. The topological polar surface area (TPSA) is 88.7 Å². The molecule has 0 unspecified atom stereocenters. The predicted octanol–water partition coefficient (Wildman–Crippen LogP) is 2.08. The van der Waals surface area contributed by atoms with Crippen molar-refractivity contribution in [1.29, 1.82) is 0 Å². The average molecular weight is 421 g/mol. The Balaban J connectivity index is 1.75. The molecular formula is C15H18Cl2N4O4S. The minimum Gasteiger partial charge on any atom is -0.360 e. The average Bonchev–Trinajstić information content (AvgIpc) is 3.08. The van der Waals surface area contributed by atoms with Crippen LogP contribution in [-0.2, 0) is 17.1 Å². The van der Waals surface area contributed by atoms with Crippen LogP contribution in [0.15, 0.2) is 15.5 Å². The molecule has 1 aliphatic heterocycles. The molecule has 8 nitrogen and oxygen atoms in total. The van der Waals surface area contributed by atoms with Gasteiger partial charge in [0.1, 0.15) is 21.4 Å². The Kier molecular flexibility index (Phi) is 5.08. The fraction of sp³-hybridized carbons (Fsp3) is 0.467. The van der Waals surface area contributed by atoms with E-state index in [2.05, 4.69) is 5.16 Å². The third-order valence-corrected chi connectivity index (χ3v) is 7.41. The van der Waals surface area contributed by atoms with Gasteiger partial charge in [0.2, 0.25) is 10.0 Å². The summed E-state index contributed by atoms with van der Waals surface area (Å²) in [4.78, 5) is 14.4. The van der Waals surface area contributed by atoms with E-state index in [4.69, 9.17) is 27.7 Å². The van der Waals surface area contributed by atoms with Crippen molar-refractivity contribution >= 4 is 39.1 Å². The lowest BCUT2D eigenvalue weighted by atomic mass is 10.3. The van der Waals surface area contributed by atoms with Crippen LogP contribution in [0.1, 0.15) is 21.9 Å². The lowest BCUT2D eigenvalue weighted by Gasteiger charge is -2.33. The second kappa shape index (κ2) is 6.88. The predicted molar refractivity (Wildman–Crippen MR) is 96.1 cm³/mol. The maximum atomic E-state index is 12.8. The van der Waals surface area contributed by atoms with Crippen LogP contribution in [0.5, 0.6) is 0 Å². The summed E-state index contributed by atoms with van der Waals surface area (Å²) in [5.41, 5.74) is 0.691. The second-order valence-corrected chi connectivity index (χ2v) is 8.72. The Morgan fingerprint density at radius 3 is 2.27 bits per heavy atom. The van der Waals surface area contributed by atoms with Crippen LogP contribution in [0.25, 0.3) is 0 Å². The van der Waals surface area contributed by atoms with E-state index in [-0.39, 0.29) is 47.9 Å². The molecule has 26 heavy (non-hydrogen) atoms. The molecule has 0 saturated carbocycles. The molecule has 0 aliphatic carbocycles. The highest BCUT2D eigenvalue weighted by atomic mass is 35.5. The van der Waals surface area contributed by atoms with Gasteiger partial charge in [-0.1, -0.05) is 28.4 Å². The van der Waals surface area contributed by atoms with Crippen molar-refractivity contribution in [3.05, 3.63) is 33.4 Å². The first kappa shape index (κ1) is 19.2. The number of hydrogen-bond donors (Lipinski definition) is 0. The van der Waals surface area contributed by atoms with Crippen molar-refractivity contribution in [2.75, 3.05) is 26.2 Å². The Morgan fingerprint density at radius 1 is 1.19 bits per heavy atom. The van der Waals surface area contributed by atoms with Gasteiger partial charge >= 0.3 is 0 Å². The SMILES string of the molecule is Cc1noc(C)c1S(=O)(=O)N1CCN(C(=O)c2cc(Cl)c(Cl)n2C)CC1. The minimum atomic E-state index is -3.71. The van der Waals surface area contributed by atoms with Crippen LogP contribution in [0.4, 0.5) is 0 Å². The van der Waals surface area contributed by atoms with Crippen molar-refractivity contribution in [1.82, 2.24) is 18.9 Å². The third kappa shape index (κ3) is 3.13. The fourth-order valence-electron chi connectivity index (χ4n) is 3.01. The molecule has 0 aromatic carbocycles. The maximum absolute atomic E-state index is 12.8. The zero-order valence-corrected chi connectivity index (χ0v) is 16.8. The van der Waals surface area contributed by atoms with E-state index in [0.717, 1.165) is 0 Å². The zero-order valence-electron chi connectivity index (χ0n) is 14.5. The number of carbonyl (C=O) groups is 1. The van der Waals surface area contributed by atoms with Gasteiger partial charge in [-0.3, -0.25) is 4.79 Å². The van der Waals surface area contributed by atoms with Gasteiger partial charge in [-0.25, -0.2) is 8.42 Å². The first-order valence-corrected chi connectivity index (χ1v) is 10.1. The van der Waals surface area contributed by atoms with Gasteiger partial charge < -0.3 is 14.0 Å². The fourth-order valence-corrected chi connectivity index (χ4v) is 5.10. The van der Waals surface area contributed by atoms with E-state index < -0.39 is 10.0 Å². The van der Waals surface area contributed by atoms with Crippen LogP contribution in [0.3, 0.4) is 0 Å². The second-order valence-electron chi connectivity index (χ2n) is 6.08. The highest BCUT2D eigenvalue weighted by molar-refractivity contribution is 7.89. The van der Waals surface area contributed by atoms with E-state index in [9.17, 15) is 13.2 Å². The number of carbonyl (C=O) groups excluding carboxylic acids is 1. The van der Waals surface area contributed by atoms with Gasteiger partial charge in [0.25, 0.3) is 5.91 Å². The molecule has 1 aliphatic rings. The van der Waals surface area contributed by atoms with Crippen molar-refractivity contribution in [2.24, 2.45) is 7.05 Å². The molecule has 0 atom stereocenters. The molecule has 0 radical (unpaired) electrons. The first-order valence-electron chi connectivity index (χ1n) is 7.87. The van der Waals surface area contributed by atoms with Gasteiger partial charge in [-0.2, -0.15) is 4.31 Å². The highest BCUT2D eigenvalue weighted by Crippen LogP contribution is 2.27. The van der Waals surface area contributed by atoms with Gasteiger partial charge in [0, 0.05) is 33.2 Å². The number of aryl methyl sites for hydroxylation is 2. The number of amides is 1. The Labute approximate surface area is 161 Å². The normalized spacial score (nSPS) is 16.3. The lowest BCUT2D eigenvalue weighted by Crippen LogP contribution is -2.50. The number of hydrogen-bond acceptors (Lipinski definition) is 5. The minimum absolute atomic E-state index is 0.0956. The van der Waals surface area contributed by atoms with Crippen molar-refractivity contribution < 1.29 is 17.7 Å². The van der Waals surface area contributed by atoms with Gasteiger partial charge in [0.15, 0.2) is 5.76 Å². The standard InChI is InChI=1S/C15H18Cl2N4O4S/c1-9-13(10(2)25-18-9)26(23,24)21-6-4-20(5-7-21)15(22)12-8-11(16)14(17)19(12)3/h8H,4-7H2,1-3H3. The quantitative estimate of drug-likeness (QED) is 0.757. The van der Waals surface area contributed by atoms with Crippen molar-refractivity contribution in [3.8, 4) is 0 Å². The molecule has 1 fully saturated rings. The van der Waals surface area contributed by atoms with Crippen molar-refractivity contribution in [2.45, 2.75) is 18.7 Å². The lowest BCUT2D eigenvalue weighted by molar-refractivity contribution is 0.0688. The van der Waals surface area contributed by atoms with Gasteiger partial charge in [-0.05, 0) is 19.9 Å². The van der Waals surface area contributed by atoms with E-state index in [1.54, 1.807) is 25.8 Å². The molecule has 2 aromatic rings. The van der Waals surface area contributed by atoms with Crippen molar-refractivity contribution in [3.63, 3.8) is 0 Å². The summed E-state index contributed by atoms with van der Waals surface area (Å²) in [6.45, 7) is 4.05. The molecule has 2 aromatic heterocycles. The Hall–Kier alpha value is -1.55. The smallest absolute Gasteiger partial charge is 0.270 e. The van der Waals surface area contributed by atoms with E-state index in [0.29, 0.717) is 16.4 Å². The number of piperazine rings is 1.